The largest absolute Gasteiger partial charge is 0.444 e. The average Bonchev–Trinajstić information content (AvgIpc) is 2.64. The number of thioether (sulfide) groups is 1. The summed E-state index contributed by atoms with van der Waals surface area (Å²) in [6.07, 6.45) is -5.44. The van der Waals surface area contributed by atoms with Crippen molar-refractivity contribution in [2.45, 2.75) is 56.7 Å². The number of ether oxygens (including phenoxy) is 2. The minimum absolute atomic E-state index is 0.0993. The highest BCUT2D eigenvalue weighted by Crippen LogP contribution is 2.51. The standard InChI is InChI=1S/C21H26BrF5N2O3S/c1-12-19(5,10-31-11-21(25,26)27)33-16(28-17(30)32-18(2,3)4)29-20(12,9-23)14-8-13(22)6-7-15(14)24/h6-8,12H,9-11H2,1-5H3,(H,28,29,30)/t12-,19-,20+/m1/s1. The molecular weight excluding hydrogens is 535 g/mol. The van der Waals surface area contributed by atoms with E-state index in [9.17, 15) is 26.7 Å². The summed E-state index contributed by atoms with van der Waals surface area (Å²) in [6.45, 7) is 4.92. The maximum atomic E-state index is 14.9. The summed E-state index contributed by atoms with van der Waals surface area (Å²) in [6, 6.07) is 3.94. The molecule has 3 atom stereocenters. The van der Waals surface area contributed by atoms with Gasteiger partial charge in [0.1, 0.15) is 30.2 Å². The van der Waals surface area contributed by atoms with Gasteiger partial charge in [0.15, 0.2) is 5.17 Å². The second-order valence-electron chi connectivity index (χ2n) is 8.97. The topological polar surface area (TPSA) is 59.9 Å². The molecule has 12 heteroatoms. The quantitative estimate of drug-likeness (QED) is 0.426. The van der Waals surface area contributed by atoms with E-state index < -0.39 is 59.8 Å². The van der Waals surface area contributed by atoms with Gasteiger partial charge in [0.2, 0.25) is 0 Å². The Kier molecular flexibility index (Phi) is 8.50. The molecule has 33 heavy (non-hydrogen) atoms. The number of carbonyl (C=O) groups is 1. The first-order valence-electron chi connectivity index (χ1n) is 9.96. The normalized spacial score (nSPS) is 26.0. The minimum atomic E-state index is -4.56. The fourth-order valence-corrected chi connectivity index (χ4v) is 5.08. The Morgan fingerprint density at radius 1 is 1.30 bits per heavy atom. The molecule has 1 aromatic carbocycles. The Bertz CT molecular complexity index is 909. The summed E-state index contributed by atoms with van der Waals surface area (Å²) in [7, 11) is 0. The van der Waals surface area contributed by atoms with Gasteiger partial charge in [0.25, 0.3) is 0 Å². The number of carbonyl (C=O) groups excluding carboxylic acids is 1. The first kappa shape index (κ1) is 27.8. The van der Waals surface area contributed by atoms with Crippen molar-refractivity contribution >= 4 is 39.0 Å². The second kappa shape index (κ2) is 10.1. The zero-order chi connectivity index (χ0) is 25.2. The van der Waals surface area contributed by atoms with Crippen LogP contribution in [0.15, 0.2) is 27.7 Å². The zero-order valence-electron chi connectivity index (χ0n) is 18.8. The molecule has 0 unspecified atom stereocenters. The molecular formula is C21H26BrF5N2O3S. The van der Waals surface area contributed by atoms with E-state index in [0.29, 0.717) is 4.47 Å². The van der Waals surface area contributed by atoms with Crippen LogP contribution in [-0.2, 0) is 15.0 Å². The van der Waals surface area contributed by atoms with Crippen molar-refractivity contribution in [2.75, 3.05) is 19.9 Å². The first-order valence-corrected chi connectivity index (χ1v) is 11.6. The van der Waals surface area contributed by atoms with Gasteiger partial charge in [-0.1, -0.05) is 34.6 Å². The molecule has 1 N–H and O–H groups in total. The Hall–Kier alpha value is -1.40. The number of hydrogen-bond acceptors (Lipinski definition) is 5. The van der Waals surface area contributed by atoms with Gasteiger partial charge < -0.3 is 9.47 Å². The molecule has 186 valence electrons. The number of hydrogen-bond donors (Lipinski definition) is 1. The van der Waals surface area contributed by atoms with Crippen LogP contribution in [-0.4, -0.2) is 47.7 Å². The predicted octanol–water partition coefficient (Wildman–Crippen LogP) is 6.35. The molecule has 0 radical (unpaired) electrons. The molecule has 0 aliphatic carbocycles. The molecule has 0 fully saturated rings. The number of alkyl halides is 4. The molecule has 1 heterocycles. The van der Waals surface area contributed by atoms with Gasteiger partial charge in [-0.15, -0.1) is 0 Å². The summed E-state index contributed by atoms with van der Waals surface area (Å²) in [4.78, 5) is 16.7. The summed E-state index contributed by atoms with van der Waals surface area (Å²) in [5, 5.41) is 2.31. The lowest BCUT2D eigenvalue weighted by Crippen LogP contribution is -2.54. The van der Waals surface area contributed by atoms with E-state index in [0.717, 1.165) is 17.8 Å². The number of amides is 1. The van der Waals surface area contributed by atoms with Gasteiger partial charge in [0, 0.05) is 20.7 Å². The van der Waals surface area contributed by atoms with Crippen molar-refractivity contribution in [3.05, 3.63) is 34.1 Å². The van der Waals surface area contributed by atoms with Crippen LogP contribution in [0, 0.1) is 11.7 Å². The van der Waals surface area contributed by atoms with Gasteiger partial charge >= 0.3 is 12.3 Å². The molecule has 1 aliphatic rings. The predicted molar refractivity (Wildman–Crippen MR) is 121 cm³/mol. The summed E-state index contributed by atoms with van der Waals surface area (Å²) in [5.74, 6) is -1.57. The van der Waals surface area contributed by atoms with E-state index in [1.807, 2.05) is 0 Å². The second-order valence-corrected chi connectivity index (χ2v) is 11.4. The van der Waals surface area contributed by atoms with E-state index in [1.165, 1.54) is 12.1 Å². The Labute approximate surface area is 202 Å². The highest BCUT2D eigenvalue weighted by Gasteiger charge is 2.54. The number of alkyl carbamates (subject to hydrolysis) is 1. The first-order chi connectivity index (χ1) is 15.0. The SMILES string of the molecule is C[C@@H]1[C@@](C)(COCC(F)(F)F)SC(NC(=O)OC(C)(C)C)=N[C@]1(CF)c1cc(Br)ccc1F. The van der Waals surface area contributed by atoms with E-state index in [4.69, 9.17) is 9.47 Å². The average molecular weight is 561 g/mol. The van der Waals surface area contributed by atoms with Crippen molar-refractivity contribution in [3.8, 4) is 0 Å². The van der Waals surface area contributed by atoms with E-state index >= 15 is 0 Å². The fourth-order valence-electron chi connectivity index (χ4n) is 3.42. The lowest BCUT2D eigenvalue weighted by molar-refractivity contribution is -0.176. The van der Waals surface area contributed by atoms with E-state index in [1.54, 1.807) is 34.6 Å². The van der Waals surface area contributed by atoms with Crippen LogP contribution >= 0.6 is 27.7 Å². The van der Waals surface area contributed by atoms with Crippen LogP contribution in [0.3, 0.4) is 0 Å². The van der Waals surface area contributed by atoms with Crippen molar-refractivity contribution in [1.82, 2.24) is 5.32 Å². The summed E-state index contributed by atoms with van der Waals surface area (Å²) >= 11 is 4.15. The molecule has 5 nitrogen and oxygen atoms in total. The zero-order valence-corrected chi connectivity index (χ0v) is 21.2. The number of rotatable bonds is 5. The van der Waals surface area contributed by atoms with Crippen molar-refractivity contribution < 1.29 is 36.2 Å². The highest BCUT2D eigenvalue weighted by atomic mass is 79.9. The van der Waals surface area contributed by atoms with Crippen molar-refractivity contribution in [3.63, 3.8) is 0 Å². The van der Waals surface area contributed by atoms with Crippen LogP contribution in [0.5, 0.6) is 0 Å². The third-order valence-corrected chi connectivity index (χ3v) is 6.94. The van der Waals surface area contributed by atoms with Gasteiger partial charge in [0.05, 0.1) is 6.61 Å². The number of halogens is 6. The molecule has 0 bridgehead atoms. The number of amidine groups is 1. The van der Waals surface area contributed by atoms with Crippen molar-refractivity contribution in [1.29, 1.82) is 0 Å². The van der Waals surface area contributed by atoms with Crippen molar-refractivity contribution in [2.24, 2.45) is 10.9 Å². The minimum Gasteiger partial charge on any atom is -0.444 e. The Balaban J connectivity index is 2.54. The third kappa shape index (κ3) is 7.05. The van der Waals surface area contributed by atoms with Gasteiger partial charge in [-0.3, -0.25) is 5.32 Å². The van der Waals surface area contributed by atoms with Crippen LogP contribution in [0.2, 0.25) is 0 Å². The third-order valence-electron chi connectivity index (χ3n) is 5.12. The van der Waals surface area contributed by atoms with Gasteiger partial charge in [-0.05, 0) is 45.9 Å². The summed E-state index contributed by atoms with van der Waals surface area (Å²) in [5.41, 5.74) is -2.78. The Morgan fingerprint density at radius 3 is 2.48 bits per heavy atom. The highest BCUT2D eigenvalue weighted by molar-refractivity contribution is 9.10. The maximum absolute atomic E-state index is 14.9. The molecule has 0 saturated heterocycles. The van der Waals surface area contributed by atoms with Crippen LogP contribution in [0.25, 0.3) is 0 Å². The van der Waals surface area contributed by atoms with E-state index in [2.05, 4.69) is 26.2 Å². The smallest absolute Gasteiger partial charge is 0.413 e. The molecule has 1 aromatic rings. The molecule has 0 aromatic heterocycles. The lowest BCUT2D eigenvalue weighted by Gasteiger charge is -2.48. The number of nitrogens with one attached hydrogen (secondary N) is 1. The van der Waals surface area contributed by atoms with Crippen LogP contribution in [0.1, 0.15) is 40.2 Å². The van der Waals surface area contributed by atoms with Crippen LogP contribution in [0.4, 0.5) is 26.7 Å². The lowest BCUT2D eigenvalue weighted by atomic mass is 9.73. The molecule has 1 amide bonds. The van der Waals surface area contributed by atoms with Crippen LogP contribution < -0.4 is 5.32 Å². The van der Waals surface area contributed by atoms with Gasteiger partial charge in [-0.2, -0.15) is 13.2 Å². The fraction of sp³-hybridized carbons (Fsp3) is 0.619. The number of benzene rings is 1. The van der Waals surface area contributed by atoms with Gasteiger partial charge in [-0.25, -0.2) is 18.6 Å². The maximum Gasteiger partial charge on any atom is 0.413 e. The monoisotopic (exact) mass is 560 g/mol. The molecule has 2 rings (SSSR count). The van der Waals surface area contributed by atoms with E-state index in [-0.39, 0.29) is 10.7 Å². The molecule has 0 spiro atoms. The summed E-state index contributed by atoms with van der Waals surface area (Å²) < 4.78 is 77.0. The molecule has 0 saturated carbocycles. The molecule has 1 aliphatic heterocycles. The number of aliphatic imine (C=N–C) groups is 1. The number of nitrogens with zero attached hydrogens (tertiary/aromatic N) is 1. The Morgan fingerprint density at radius 2 is 1.94 bits per heavy atom.